The van der Waals surface area contributed by atoms with E-state index in [1.165, 1.54) is 6.07 Å². The van der Waals surface area contributed by atoms with E-state index in [0.29, 0.717) is 17.7 Å². The lowest BCUT2D eigenvalue weighted by Gasteiger charge is -2.11. The highest BCUT2D eigenvalue weighted by molar-refractivity contribution is 5.41. The third-order valence-electron chi connectivity index (χ3n) is 1.97. The summed E-state index contributed by atoms with van der Waals surface area (Å²) in [5, 5.41) is 27.5. The van der Waals surface area contributed by atoms with E-state index < -0.39 is 6.29 Å². The zero-order valence-electron chi connectivity index (χ0n) is 8.47. The first-order valence-electron chi connectivity index (χ1n) is 4.69. The first kappa shape index (κ1) is 11.5. The van der Waals surface area contributed by atoms with Crippen LogP contribution in [0.3, 0.4) is 0 Å². The molecule has 15 heavy (non-hydrogen) atoms. The van der Waals surface area contributed by atoms with Crippen molar-refractivity contribution in [3.63, 3.8) is 0 Å². The number of rotatable bonds is 4. The normalized spacial score (nSPS) is 12.1. The van der Waals surface area contributed by atoms with Crippen molar-refractivity contribution in [1.82, 2.24) is 0 Å². The van der Waals surface area contributed by atoms with Crippen molar-refractivity contribution in [1.29, 1.82) is 5.26 Å². The Morgan fingerprint density at radius 1 is 1.53 bits per heavy atom. The minimum Gasteiger partial charge on any atom is -0.508 e. The van der Waals surface area contributed by atoms with Crippen LogP contribution in [0, 0.1) is 11.3 Å². The number of ether oxygens (including phenoxy) is 1. The minimum atomic E-state index is -0.922. The molecule has 0 heterocycles. The lowest BCUT2D eigenvalue weighted by molar-refractivity contribution is -0.0930. The molecule has 4 nitrogen and oxygen atoms in total. The third kappa shape index (κ3) is 3.24. The fraction of sp³-hybridized carbons (Fsp3) is 0.364. The molecule has 0 aromatic heterocycles. The molecular weight excluding hydrogens is 194 g/mol. The Bertz CT molecular complexity index is 371. The van der Waals surface area contributed by atoms with E-state index in [1.54, 1.807) is 19.1 Å². The molecule has 0 aliphatic rings. The summed E-state index contributed by atoms with van der Waals surface area (Å²) < 4.78 is 4.94. The van der Waals surface area contributed by atoms with Gasteiger partial charge < -0.3 is 14.9 Å². The van der Waals surface area contributed by atoms with Gasteiger partial charge in [0.2, 0.25) is 0 Å². The monoisotopic (exact) mass is 207 g/mol. The number of aromatic hydroxyl groups is 1. The fourth-order valence-corrected chi connectivity index (χ4v) is 1.25. The smallest absolute Gasteiger partial charge is 0.158 e. The summed E-state index contributed by atoms with van der Waals surface area (Å²) in [6.07, 6.45) is -0.709. The average Bonchev–Trinajstić information content (AvgIpc) is 2.21. The van der Waals surface area contributed by atoms with E-state index in [4.69, 9.17) is 10.00 Å². The summed E-state index contributed by atoms with van der Waals surface area (Å²) in [5.41, 5.74) is 0.956. The number of benzene rings is 1. The Labute approximate surface area is 88.4 Å². The molecule has 4 heteroatoms. The third-order valence-corrected chi connectivity index (χ3v) is 1.97. The Morgan fingerprint density at radius 2 is 2.27 bits per heavy atom. The van der Waals surface area contributed by atoms with Crippen LogP contribution in [0.2, 0.25) is 0 Å². The second-order valence-electron chi connectivity index (χ2n) is 3.07. The lowest BCUT2D eigenvalue weighted by atomic mass is 10.1. The second kappa shape index (κ2) is 5.35. The molecule has 1 aromatic rings. The summed E-state index contributed by atoms with van der Waals surface area (Å²) in [5.74, 6) is 0.00723. The van der Waals surface area contributed by atoms with Crippen LogP contribution in [-0.2, 0) is 11.2 Å². The molecule has 1 aromatic carbocycles. The van der Waals surface area contributed by atoms with Crippen molar-refractivity contribution in [2.45, 2.75) is 19.6 Å². The van der Waals surface area contributed by atoms with E-state index >= 15 is 0 Å². The van der Waals surface area contributed by atoms with Crippen LogP contribution in [0.4, 0.5) is 0 Å². The molecule has 1 rings (SSSR count). The van der Waals surface area contributed by atoms with Gasteiger partial charge in [0.25, 0.3) is 0 Å². The largest absolute Gasteiger partial charge is 0.508 e. The van der Waals surface area contributed by atoms with Crippen LogP contribution < -0.4 is 0 Å². The zero-order chi connectivity index (χ0) is 11.3. The Morgan fingerprint density at radius 3 is 2.80 bits per heavy atom. The molecule has 0 saturated heterocycles. The quantitative estimate of drug-likeness (QED) is 0.726. The zero-order valence-corrected chi connectivity index (χ0v) is 8.47. The van der Waals surface area contributed by atoms with E-state index in [-0.39, 0.29) is 12.2 Å². The van der Waals surface area contributed by atoms with Crippen LogP contribution in [0.1, 0.15) is 18.1 Å². The summed E-state index contributed by atoms with van der Waals surface area (Å²) >= 11 is 0. The number of nitrogens with zero attached hydrogens (tertiary/aromatic N) is 1. The highest BCUT2D eigenvalue weighted by Gasteiger charge is 2.09. The van der Waals surface area contributed by atoms with Gasteiger partial charge in [0.15, 0.2) is 6.29 Å². The fourth-order valence-electron chi connectivity index (χ4n) is 1.25. The van der Waals surface area contributed by atoms with Crippen molar-refractivity contribution in [2.24, 2.45) is 0 Å². The Hall–Kier alpha value is -1.57. The molecule has 1 unspecified atom stereocenters. The highest BCUT2D eigenvalue weighted by atomic mass is 16.6. The summed E-state index contributed by atoms with van der Waals surface area (Å²) in [6, 6.07) is 6.49. The van der Waals surface area contributed by atoms with E-state index in [0.717, 1.165) is 0 Å². The van der Waals surface area contributed by atoms with E-state index in [9.17, 15) is 10.2 Å². The maximum Gasteiger partial charge on any atom is 0.158 e. The van der Waals surface area contributed by atoms with Gasteiger partial charge in [-0.2, -0.15) is 5.26 Å². The lowest BCUT2D eigenvalue weighted by Crippen LogP contribution is -2.14. The number of phenolic OH excluding ortho intramolecular Hbond substituents is 1. The van der Waals surface area contributed by atoms with Gasteiger partial charge in [0.05, 0.1) is 11.6 Å². The van der Waals surface area contributed by atoms with Crippen LogP contribution in [0.25, 0.3) is 0 Å². The van der Waals surface area contributed by atoms with Gasteiger partial charge in [-0.05, 0) is 24.6 Å². The maximum absolute atomic E-state index is 9.52. The predicted octanol–water partition coefficient (Wildman–Crippen LogP) is 1.16. The number of nitriles is 1. The number of aliphatic hydroxyl groups excluding tert-OH is 1. The average molecular weight is 207 g/mol. The SMILES string of the molecule is CCOC(O)Cc1ccc(C#N)cc1O. The van der Waals surface area contributed by atoms with Gasteiger partial charge in [-0.1, -0.05) is 6.07 Å². The molecule has 0 bridgehead atoms. The van der Waals surface area contributed by atoms with Crippen LogP contribution in [-0.4, -0.2) is 23.1 Å². The molecule has 0 fully saturated rings. The number of aliphatic hydroxyl groups is 1. The van der Waals surface area contributed by atoms with E-state index in [1.807, 2.05) is 6.07 Å². The standard InChI is InChI=1S/C11H13NO3/c1-2-15-11(14)6-9-4-3-8(7-12)5-10(9)13/h3-5,11,13-14H,2,6H2,1H3. The number of hydrogen-bond acceptors (Lipinski definition) is 4. The Balaban J connectivity index is 2.74. The predicted molar refractivity (Wildman–Crippen MR) is 54.2 cm³/mol. The van der Waals surface area contributed by atoms with Crippen LogP contribution in [0.15, 0.2) is 18.2 Å². The molecule has 0 saturated carbocycles. The molecule has 0 spiro atoms. The molecule has 1 atom stereocenters. The maximum atomic E-state index is 9.52. The first-order chi connectivity index (χ1) is 7.17. The van der Waals surface area contributed by atoms with Gasteiger partial charge in [-0.15, -0.1) is 0 Å². The van der Waals surface area contributed by atoms with Crippen molar-refractivity contribution in [3.05, 3.63) is 29.3 Å². The van der Waals surface area contributed by atoms with Gasteiger partial charge in [0.1, 0.15) is 5.75 Å². The second-order valence-corrected chi connectivity index (χ2v) is 3.07. The minimum absolute atomic E-state index is 0.00723. The Kier molecular flexibility index (Phi) is 4.10. The molecule has 0 radical (unpaired) electrons. The van der Waals surface area contributed by atoms with Crippen LogP contribution >= 0.6 is 0 Å². The summed E-state index contributed by atoms with van der Waals surface area (Å²) in [4.78, 5) is 0. The van der Waals surface area contributed by atoms with Gasteiger partial charge in [0, 0.05) is 13.0 Å². The van der Waals surface area contributed by atoms with Crippen molar-refractivity contribution < 1.29 is 14.9 Å². The van der Waals surface area contributed by atoms with Crippen molar-refractivity contribution in [3.8, 4) is 11.8 Å². The van der Waals surface area contributed by atoms with Crippen molar-refractivity contribution >= 4 is 0 Å². The number of hydrogen-bond donors (Lipinski definition) is 2. The van der Waals surface area contributed by atoms with Gasteiger partial charge in [-0.25, -0.2) is 0 Å². The van der Waals surface area contributed by atoms with Crippen LogP contribution in [0.5, 0.6) is 5.75 Å². The highest BCUT2D eigenvalue weighted by Crippen LogP contribution is 2.20. The molecule has 80 valence electrons. The molecule has 0 aliphatic heterocycles. The van der Waals surface area contributed by atoms with Gasteiger partial charge >= 0.3 is 0 Å². The topological polar surface area (TPSA) is 73.5 Å². The molecule has 0 amide bonds. The van der Waals surface area contributed by atoms with Crippen molar-refractivity contribution in [2.75, 3.05) is 6.61 Å². The first-order valence-corrected chi connectivity index (χ1v) is 4.69. The molecule has 2 N–H and O–H groups in total. The van der Waals surface area contributed by atoms with Gasteiger partial charge in [-0.3, -0.25) is 0 Å². The summed E-state index contributed by atoms with van der Waals surface area (Å²) in [6.45, 7) is 2.19. The molecule has 0 aliphatic carbocycles. The molecular formula is C11H13NO3. The summed E-state index contributed by atoms with van der Waals surface area (Å²) in [7, 11) is 0. The number of phenols is 1. The van der Waals surface area contributed by atoms with E-state index in [2.05, 4.69) is 0 Å².